The van der Waals surface area contributed by atoms with Crippen LogP contribution in [0.1, 0.15) is 30.0 Å². The number of hydrogen-bond donors (Lipinski definition) is 2. The van der Waals surface area contributed by atoms with Gasteiger partial charge in [-0.3, -0.25) is 10.1 Å². The van der Waals surface area contributed by atoms with Crippen molar-refractivity contribution in [1.29, 1.82) is 5.26 Å². The van der Waals surface area contributed by atoms with E-state index >= 15 is 0 Å². The molecule has 1 amide bonds. The summed E-state index contributed by atoms with van der Waals surface area (Å²) in [5.74, 6) is -4.12. The van der Waals surface area contributed by atoms with E-state index in [2.05, 4.69) is 5.32 Å². The average Bonchev–Trinajstić information content (AvgIpc) is 3.52. The summed E-state index contributed by atoms with van der Waals surface area (Å²) < 4.78 is 93.4. The number of benzene rings is 2. The lowest BCUT2D eigenvalue weighted by atomic mass is 10.0. The quantitative estimate of drug-likeness (QED) is 0.514. The Morgan fingerprint density at radius 1 is 1.03 bits per heavy atom. The molecule has 3 rings (SSSR count). The van der Waals surface area contributed by atoms with E-state index in [1.807, 2.05) is 11.4 Å². The minimum Gasteiger partial charge on any atom is -0.336 e. The molecule has 1 aliphatic carbocycles. The molecule has 34 heavy (non-hydrogen) atoms. The van der Waals surface area contributed by atoms with Crippen molar-refractivity contribution in [2.75, 3.05) is 5.75 Å². The Kier molecular flexibility index (Phi) is 7.28. The molecule has 0 bridgehead atoms. The predicted octanol–water partition coefficient (Wildman–Crippen LogP) is 3.31. The molecule has 1 aliphatic rings. The van der Waals surface area contributed by atoms with Gasteiger partial charge in [0.25, 0.3) is 0 Å². The van der Waals surface area contributed by atoms with Crippen molar-refractivity contribution < 1.29 is 35.2 Å². The Morgan fingerprint density at radius 3 is 2.03 bits per heavy atom. The van der Waals surface area contributed by atoms with Gasteiger partial charge in [-0.2, -0.15) is 18.4 Å². The van der Waals surface area contributed by atoms with Crippen LogP contribution in [0.25, 0.3) is 0 Å². The lowest BCUT2D eigenvalue weighted by Gasteiger charge is -2.28. The molecule has 1 saturated carbocycles. The molecule has 182 valence electrons. The molecule has 0 aromatic heterocycles. The molecule has 2 aromatic rings. The van der Waals surface area contributed by atoms with E-state index in [4.69, 9.17) is 0 Å². The van der Waals surface area contributed by atoms with Crippen LogP contribution in [0.5, 0.6) is 0 Å². The van der Waals surface area contributed by atoms with Gasteiger partial charge in [0.2, 0.25) is 5.91 Å². The fraction of sp³-hybridized carbons (Fsp3) is 0.364. The summed E-state index contributed by atoms with van der Waals surface area (Å²) in [6.45, 7) is 0. The minimum atomic E-state index is -4.95. The first kappa shape index (κ1) is 25.6. The maximum Gasteiger partial charge on any atom is 0.407 e. The highest BCUT2D eigenvalue weighted by Gasteiger charge is 2.48. The Morgan fingerprint density at radius 2 is 1.56 bits per heavy atom. The van der Waals surface area contributed by atoms with Crippen LogP contribution in [0.2, 0.25) is 0 Å². The number of hydrogen-bond acceptors (Lipinski definition) is 5. The van der Waals surface area contributed by atoms with Gasteiger partial charge >= 0.3 is 6.18 Å². The molecule has 2 aromatic carbocycles. The van der Waals surface area contributed by atoms with Gasteiger partial charge in [0.15, 0.2) is 9.84 Å². The van der Waals surface area contributed by atoms with E-state index in [0.717, 1.165) is 36.4 Å². The number of rotatable bonds is 9. The second-order valence-electron chi connectivity index (χ2n) is 8.11. The van der Waals surface area contributed by atoms with E-state index in [1.165, 1.54) is 12.1 Å². The topological polar surface area (TPSA) is 99.1 Å². The van der Waals surface area contributed by atoms with E-state index in [1.54, 1.807) is 0 Å². The van der Waals surface area contributed by atoms with Crippen molar-refractivity contribution in [1.82, 2.24) is 10.6 Å². The number of carbonyl (C=O) groups is 1. The summed E-state index contributed by atoms with van der Waals surface area (Å²) in [6.07, 6.45) is -4.39. The Labute approximate surface area is 192 Å². The van der Waals surface area contributed by atoms with Crippen molar-refractivity contribution in [3.63, 3.8) is 0 Å². The van der Waals surface area contributed by atoms with Gasteiger partial charge in [-0.25, -0.2) is 17.2 Å². The van der Waals surface area contributed by atoms with Crippen molar-refractivity contribution >= 4 is 15.7 Å². The molecule has 0 radical (unpaired) electrons. The molecular weight excluding hydrogens is 481 g/mol. The molecule has 0 saturated heterocycles. The van der Waals surface area contributed by atoms with Gasteiger partial charge in [0, 0.05) is 0 Å². The number of nitrogens with one attached hydrogen (secondary N) is 2. The summed E-state index contributed by atoms with van der Waals surface area (Å²) in [5.41, 5.74) is -1.49. The number of carbonyl (C=O) groups excluding carboxylic acids is 1. The monoisotopic (exact) mass is 501 g/mol. The highest BCUT2D eigenvalue weighted by atomic mass is 32.2. The maximum atomic E-state index is 13.8. The van der Waals surface area contributed by atoms with Crippen LogP contribution in [0.15, 0.2) is 48.5 Å². The molecule has 0 heterocycles. The van der Waals surface area contributed by atoms with Gasteiger partial charge in [-0.1, -0.05) is 24.3 Å². The third-order valence-corrected chi connectivity index (χ3v) is 6.88. The first-order chi connectivity index (χ1) is 15.8. The van der Waals surface area contributed by atoms with Crippen LogP contribution in [0.3, 0.4) is 0 Å². The third-order valence-electron chi connectivity index (χ3n) is 5.26. The van der Waals surface area contributed by atoms with Crippen LogP contribution >= 0.6 is 0 Å². The highest BCUT2D eigenvalue weighted by molar-refractivity contribution is 7.90. The van der Waals surface area contributed by atoms with Crippen LogP contribution in [0, 0.1) is 23.0 Å². The molecule has 0 aliphatic heterocycles. The Hall–Kier alpha value is -3.04. The zero-order chi connectivity index (χ0) is 25.1. The first-order valence-electron chi connectivity index (χ1n) is 10.1. The summed E-state index contributed by atoms with van der Waals surface area (Å²) in [6, 6.07) is 5.35. The van der Waals surface area contributed by atoms with Gasteiger partial charge in [-0.15, -0.1) is 0 Å². The Bertz CT molecular complexity index is 1170. The lowest BCUT2D eigenvalue weighted by molar-refractivity contribution is -0.160. The third kappa shape index (κ3) is 6.74. The average molecular weight is 501 g/mol. The van der Waals surface area contributed by atoms with Crippen LogP contribution in [-0.4, -0.2) is 37.8 Å². The molecule has 12 heteroatoms. The SMILES string of the molecule is N#CC1(NC(=O)C(CS(=O)(=O)Cc2ccc(F)cc2)N[C@@H](c2ccc(F)cc2)C(F)(F)F)CC1. The van der Waals surface area contributed by atoms with Crippen LogP contribution in [0.4, 0.5) is 22.0 Å². The molecule has 1 fully saturated rings. The molecule has 2 N–H and O–H groups in total. The van der Waals surface area contributed by atoms with Crippen LogP contribution < -0.4 is 10.6 Å². The second-order valence-corrected chi connectivity index (χ2v) is 10.2. The summed E-state index contributed by atoms with van der Waals surface area (Å²) in [4.78, 5) is 12.8. The molecule has 0 spiro atoms. The number of alkyl halides is 3. The van der Waals surface area contributed by atoms with E-state index in [0.29, 0.717) is 0 Å². The van der Waals surface area contributed by atoms with Crippen molar-refractivity contribution in [2.24, 2.45) is 0 Å². The molecule has 6 nitrogen and oxygen atoms in total. The summed E-state index contributed by atoms with van der Waals surface area (Å²) in [5, 5.41) is 13.6. The fourth-order valence-corrected chi connectivity index (χ4v) is 4.87. The van der Waals surface area contributed by atoms with Crippen molar-refractivity contribution in [3.8, 4) is 6.07 Å². The number of halogens is 5. The van der Waals surface area contributed by atoms with Gasteiger partial charge in [0.05, 0.1) is 17.6 Å². The molecule has 1 unspecified atom stereocenters. The van der Waals surface area contributed by atoms with E-state index in [-0.39, 0.29) is 18.4 Å². The van der Waals surface area contributed by atoms with Crippen molar-refractivity contribution in [2.45, 2.75) is 42.4 Å². The van der Waals surface area contributed by atoms with Gasteiger partial charge in [-0.05, 0) is 48.2 Å². The summed E-state index contributed by atoms with van der Waals surface area (Å²) >= 11 is 0. The Balaban J connectivity index is 1.88. The van der Waals surface area contributed by atoms with Crippen LogP contribution in [-0.2, 0) is 20.4 Å². The lowest BCUT2D eigenvalue weighted by Crippen LogP contribution is -2.54. The smallest absolute Gasteiger partial charge is 0.336 e. The van der Waals surface area contributed by atoms with E-state index < -0.39 is 68.2 Å². The largest absolute Gasteiger partial charge is 0.407 e. The summed E-state index contributed by atoms with van der Waals surface area (Å²) in [7, 11) is -4.17. The zero-order valence-electron chi connectivity index (χ0n) is 17.6. The minimum absolute atomic E-state index is 0.183. The number of nitriles is 1. The maximum absolute atomic E-state index is 13.8. The van der Waals surface area contributed by atoms with Gasteiger partial charge in [0.1, 0.15) is 29.3 Å². The predicted molar refractivity (Wildman–Crippen MR) is 112 cm³/mol. The molecular formula is C22H20F5N3O3S. The standard InChI is InChI=1S/C22H20F5N3O3S/c23-16-5-1-14(2-6-16)11-34(32,33)12-18(20(31)30-21(13-28)9-10-21)29-19(22(25,26)27)15-3-7-17(24)8-4-15/h1-8,18-19,29H,9-12H2,(H,30,31)/t18?,19-/m0/s1. The van der Waals surface area contributed by atoms with Gasteiger partial charge < -0.3 is 5.32 Å². The number of nitrogens with zero attached hydrogens (tertiary/aromatic N) is 1. The second kappa shape index (κ2) is 9.68. The molecule has 2 atom stereocenters. The van der Waals surface area contributed by atoms with Crippen molar-refractivity contribution in [3.05, 3.63) is 71.3 Å². The number of sulfone groups is 1. The normalized spacial score (nSPS) is 16.8. The fourth-order valence-electron chi connectivity index (χ4n) is 3.30. The number of amides is 1. The first-order valence-corrected chi connectivity index (χ1v) is 11.9. The highest BCUT2D eigenvalue weighted by Crippen LogP contribution is 2.35. The van der Waals surface area contributed by atoms with E-state index in [9.17, 15) is 40.4 Å². The zero-order valence-corrected chi connectivity index (χ0v) is 18.4.